The summed E-state index contributed by atoms with van der Waals surface area (Å²) in [5.74, 6) is -0.00641. The van der Waals surface area contributed by atoms with E-state index in [0.29, 0.717) is 23.7 Å². The average molecular weight is 334 g/mol. The number of hydrogen-bond donors (Lipinski definition) is 1. The van der Waals surface area contributed by atoms with E-state index in [-0.39, 0.29) is 11.3 Å². The molecule has 0 saturated heterocycles. The van der Waals surface area contributed by atoms with Gasteiger partial charge in [0.1, 0.15) is 6.33 Å². The first-order valence-corrected chi connectivity index (χ1v) is 8.30. The molecule has 1 heterocycles. The highest BCUT2D eigenvalue weighted by Crippen LogP contribution is 2.41. The fourth-order valence-corrected chi connectivity index (χ4v) is 3.57. The number of para-hydroxylation sites is 1. The van der Waals surface area contributed by atoms with Gasteiger partial charge >= 0.3 is 0 Å². The van der Waals surface area contributed by atoms with E-state index in [1.165, 1.54) is 6.42 Å². The molecule has 1 fully saturated rings. The van der Waals surface area contributed by atoms with Crippen LogP contribution in [0, 0.1) is 5.41 Å². The smallest absolute Gasteiger partial charge is 0.225 e. The molecule has 1 aromatic carbocycles. The third kappa shape index (κ3) is 4.07. The molecule has 0 bridgehead atoms. The van der Waals surface area contributed by atoms with Crippen molar-refractivity contribution in [3.63, 3.8) is 0 Å². The first-order chi connectivity index (χ1) is 11.2. The van der Waals surface area contributed by atoms with Crippen LogP contribution in [0.1, 0.15) is 38.5 Å². The van der Waals surface area contributed by atoms with Crippen LogP contribution in [0.4, 0.5) is 5.69 Å². The number of nitrogens with zero attached hydrogens (tertiary/aromatic N) is 4. The number of carbonyl (C=O) groups is 1. The highest BCUT2D eigenvalue weighted by molar-refractivity contribution is 6.33. The molecule has 0 atom stereocenters. The monoisotopic (exact) mass is 333 g/mol. The summed E-state index contributed by atoms with van der Waals surface area (Å²) in [7, 11) is 0. The Hall–Kier alpha value is -1.95. The number of anilines is 1. The molecule has 1 aliphatic rings. The van der Waals surface area contributed by atoms with Crippen molar-refractivity contribution in [2.24, 2.45) is 5.41 Å². The topological polar surface area (TPSA) is 72.7 Å². The van der Waals surface area contributed by atoms with Crippen molar-refractivity contribution >= 4 is 23.2 Å². The molecule has 0 spiro atoms. The van der Waals surface area contributed by atoms with Crippen molar-refractivity contribution < 1.29 is 4.79 Å². The zero-order chi connectivity index (χ0) is 16.1. The standard InChI is InChI=1S/C16H20ClN5O/c17-13-6-2-3-7-14(13)19-15(23)10-16(8-4-1-5-9-16)11-22-12-18-20-21-22/h2-3,6-7,12H,1,4-5,8-11H2,(H,19,23). The lowest BCUT2D eigenvalue weighted by molar-refractivity contribution is -0.119. The van der Waals surface area contributed by atoms with Gasteiger partial charge in [0.25, 0.3) is 0 Å². The molecule has 1 saturated carbocycles. The Morgan fingerprint density at radius 3 is 2.74 bits per heavy atom. The van der Waals surface area contributed by atoms with Gasteiger partial charge in [0.05, 0.1) is 17.3 Å². The first-order valence-electron chi connectivity index (χ1n) is 7.92. The zero-order valence-corrected chi connectivity index (χ0v) is 13.7. The Balaban J connectivity index is 1.70. The van der Waals surface area contributed by atoms with Crippen molar-refractivity contribution in [2.75, 3.05) is 5.32 Å². The first kappa shape index (κ1) is 15.9. The number of halogens is 1. The molecule has 0 aliphatic heterocycles. The lowest BCUT2D eigenvalue weighted by Gasteiger charge is -2.36. The van der Waals surface area contributed by atoms with Gasteiger partial charge in [-0.2, -0.15) is 0 Å². The summed E-state index contributed by atoms with van der Waals surface area (Å²) in [6.07, 6.45) is 7.61. The van der Waals surface area contributed by atoms with E-state index in [2.05, 4.69) is 20.8 Å². The predicted octanol–water partition coefficient (Wildman–Crippen LogP) is 3.31. The van der Waals surface area contributed by atoms with E-state index in [9.17, 15) is 4.79 Å². The fourth-order valence-electron chi connectivity index (χ4n) is 3.39. The second-order valence-corrected chi connectivity index (χ2v) is 6.68. The molecule has 1 N–H and O–H groups in total. The van der Waals surface area contributed by atoms with Crippen molar-refractivity contribution in [3.8, 4) is 0 Å². The highest BCUT2D eigenvalue weighted by atomic mass is 35.5. The van der Waals surface area contributed by atoms with Gasteiger partial charge in [0.2, 0.25) is 5.91 Å². The fraction of sp³-hybridized carbons (Fsp3) is 0.500. The van der Waals surface area contributed by atoms with Gasteiger partial charge in [-0.3, -0.25) is 4.79 Å². The van der Waals surface area contributed by atoms with Gasteiger partial charge in [0, 0.05) is 6.42 Å². The van der Waals surface area contributed by atoms with E-state index in [1.54, 1.807) is 17.1 Å². The Morgan fingerprint density at radius 2 is 2.04 bits per heavy atom. The Bertz CT molecular complexity index is 652. The van der Waals surface area contributed by atoms with Gasteiger partial charge in [0.15, 0.2) is 0 Å². The van der Waals surface area contributed by atoms with Gasteiger partial charge in [-0.1, -0.05) is 43.0 Å². The van der Waals surface area contributed by atoms with Gasteiger partial charge in [-0.15, -0.1) is 5.10 Å². The van der Waals surface area contributed by atoms with Crippen LogP contribution in [-0.2, 0) is 11.3 Å². The van der Waals surface area contributed by atoms with Gasteiger partial charge < -0.3 is 5.32 Å². The van der Waals surface area contributed by atoms with Crippen LogP contribution < -0.4 is 5.32 Å². The number of nitrogens with one attached hydrogen (secondary N) is 1. The van der Waals surface area contributed by atoms with E-state index in [0.717, 1.165) is 25.7 Å². The second-order valence-electron chi connectivity index (χ2n) is 6.27. The molecule has 1 aliphatic carbocycles. The Labute approximate surface area is 140 Å². The van der Waals surface area contributed by atoms with Crippen LogP contribution in [0.5, 0.6) is 0 Å². The maximum atomic E-state index is 12.5. The van der Waals surface area contributed by atoms with Crippen LogP contribution in [0.3, 0.4) is 0 Å². The Morgan fingerprint density at radius 1 is 1.26 bits per heavy atom. The maximum absolute atomic E-state index is 12.5. The molecule has 2 aromatic rings. The third-order valence-corrected chi connectivity index (χ3v) is 4.82. The normalized spacial score (nSPS) is 16.9. The largest absolute Gasteiger partial charge is 0.325 e. The minimum absolute atomic E-state index is 0.00641. The van der Waals surface area contributed by atoms with Gasteiger partial charge in [-0.05, 0) is 40.8 Å². The molecule has 23 heavy (non-hydrogen) atoms. The molecule has 1 aromatic heterocycles. The molecule has 7 heteroatoms. The minimum Gasteiger partial charge on any atom is -0.325 e. The molecule has 0 radical (unpaired) electrons. The molecule has 0 unspecified atom stereocenters. The number of rotatable bonds is 5. The van der Waals surface area contributed by atoms with Crippen LogP contribution in [0.15, 0.2) is 30.6 Å². The number of carbonyl (C=O) groups excluding carboxylic acids is 1. The number of tetrazole rings is 1. The summed E-state index contributed by atoms with van der Waals surface area (Å²) >= 11 is 6.12. The number of benzene rings is 1. The van der Waals surface area contributed by atoms with Crippen molar-refractivity contribution in [1.29, 1.82) is 0 Å². The summed E-state index contributed by atoms with van der Waals surface area (Å²) in [5, 5.41) is 14.8. The maximum Gasteiger partial charge on any atom is 0.225 e. The number of aromatic nitrogens is 4. The van der Waals surface area contributed by atoms with Crippen molar-refractivity contribution in [1.82, 2.24) is 20.2 Å². The lowest BCUT2D eigenvalue weighted by atomic mass is 9.71. The van der Waals surface area contributed by atoms with Crippen LogP contribution in [0.2, 0.25) is 5.02 Å². The second kappa shape index (κ2) is 7.08. The van der Waals surface area contributed by atoms with Crippen LogP contribution in [-0.4, -0.2) is 26.1 Å². The number of amides is 1. The minimum atomic E-state index is -0.0844. The third-order valence-electron chi connectivity index (χ3n) is 4.49. The van der Waals surface area contributed by atoms with Crippen LogP contribution in [0.25, 0.3) is 0 Å². The molecule has 1 amide bonds. The van der Waals surface area contributed by atoms with E-state index >= 15 is 0 Å². The van der Waals surface area contributed by atoms with Crippen molar-refractivity contribution in [2.45, 2.75) is 45.1 Å². The molecular weight excluding hydrogens is 314 g/mol. The lowest BCUT2D eigenvalue weighted by Crippen LogP contribution is -2.34. The molecule has 6 nitrogen and oxygen atoms in total. The summed E-state index contributed by atoms with van der Waals surface area (Å²) < 4.78 is 1.73. The SMILES string of the molecule is O=C(CC1(Cn2cnnn2)CCCCC1)Nc1ccccc1Cl. The van der Waals surface area contributed by atoms with Gasteiger partial charge in [-0.25, -0.2) is 4.68 Å². The average Bonchev–Trinajstić information content (AvgIpc) is 3.03. The molecule has 3 rings (SSSR count). The van der Waals surface area contributed by atoms with E-state index in [4.69, 9.17) is 11.6 Å². The van der Waals surface area contributed by atoms with E-state index < -0.39 is 0 Å². The summed E-state index contributed by atoms with van der Waals surface area (Å²) in [4.78, 5) is 12.5. The zero-order valence-electron chi connectivity index (χ0n) is 12.9. The Kier molecular flexibility index (Phi) is 4.91. The summed E-state index contributed by atoms with van der Waals surface area (Å²) in [5.41, 5.74) is 0.575. The summed E-state index contributed by atoms with van der Waals surface area (Å²) in [6.45, 7) is 0.677. The predicted molar refractivity (Wildman–Crippen MR) is 88.0 cm³/mol. The van der Waals surface area contributed by atoms with Crippen molar-refractivity contribution in [3.05, 3.63) is 35.6 Å². The highest BCUT2D eigenvalue weighted by Gasteiger charge is 2.35. The van der Waals surface area contributed by atoms with E-state index in [1.807, 2.05) is 18.2 Å². The summed E-state index contributed by atoms with van der Waals surface area (Å²) in [6, 6.07) is 7.29. The molecular formula is C16H20ClN5O. The van der Waals surface area contributed by atoms with Crippen LogP contribution >= 0.6 is 11.6 Å². The number of hydrogen-bond acceptors (Lipinski definition) is 4. The molecule has 122 valence electrons. The quantitative estimate of drug-likeness (QED) is 0.911.